The van der Waals surface area contributed by atoms with E-state index < -0.39 is 18.0 Å². The molecule has 0 unspecified atom stereocenters. The van der Waals surface area contributed by atoms with Crippen molar-refractivity contribution in [3.8, 4) is 0 Å². The average Bonchev–Trinajstić information content (AvgIpc) is 2.35. The number of nitrogens with zero attached hydrogens (tertiary/aromatic N) is 3. The predicted molar refractivity (Wildman–Crippen MR) is 65.6 cm³/mol. The lowest BCUT2D eigenvalue weighted by molar-refractivity contribution is 0.0998. The van der Waals surface area contributed by atoms with E-state index in [0.29, 0.717) is 11.0 Å². The Morgan fingerprint density at radius 1 is 1.44 bits per heavy atom. The minimum atomic E-state index is -0.718. The van der Waals surface area contributed by atoms with Crippen molar-refractivity contribution in [3.05, 3.63) is 56.3 Å². The minimum absolute atomic E-state index is 0.0968. The summed E-state index contributed by atoms with van der Waals surface area (Å²) < 4.78 is 5.04. The number of benzene rings is 1. The van der Waals surface area contributed by atoms with Gasteiger partial charge in [-0.2, -0.15) is 0 Å². The molecular formula is C12H9N3O3. The summed E-state index contributed by atoms with van der Waals surface area (Å²) in [6.45, 7) is 1.50. The number of carbonyl (C=O) groups excluding carboxylic acids is 1. The Hall–Kier alpha value is -2.59. The number of hydrogen-bond acceptors (Lipinski definition) is 4. The van der Waals surface area contributed by atoms with Gasteiger partial charge < -0.3 is 4.42 Å². The highest BCUT2D eigenvalue weighted by Crippen LogP contribution is 2.15. The summed E-state index contributed by atoms with van der Waals surface area (Å²) in [5, 5.41) is 3.80. The van der Waals surface area contributed by atoms with E-state index in [-0.39, 0.29) is 5.56 Å². The molecule has 90 valence electrons. The summed E-state index contributed by atoms with van der Waals surface area (Å²) in [6, 6.07) is 6.76. The molecule has 18 heavy (non-hydrogen) atoms. The SMILES string of the molecule is Cc1ccc2oc(=O)c(C(=O)CN=[N+]=[N-])cc2c1. The van der Waals surface area contributed by atoms with Crippen LogP contribution in [0.5, 0.6) is 0 Å². The summed E-state index contributed by atoms with van der Waals surface area (Å²) in [7, 11) is 0. The van der Waals surface area contributed by atoms with Gasteiger partial charge >= 0.3 is 5.63 Å². The maximum Gasteiger partial charge on any atom is 0.347 e. The molecule has 0 bridgehead atoms. The van der Waals surface area contributed by atoms with Gasteiger partial charge in [-0.25, -0.2) is 4.79 Å². The summed E-state index contributed by atoms with van der Waals surface area (Å²) >= 11 is 0. The van der Waals surface area contributed by atoms with Crippen molar-refractivity contribution in [1.29, 1.82) is 0 Å². The average molecular weight is 243 g/mol. The third kappa shape index (κ3) is 2.23. The van der Waals surface area contributed by atoms with Crippen LogP contribution in [0.25, 0.3) is 21.4 Å². The standard InChI is InChI=1S/C12H9N3O3/c1-7-2-3-11-8(4-7)5-9(12(17)18-11)10(16)6-14-15-13/h2-5H,6H2,1H3. The fourth-order valence-corrected chi connectivity index (χ4v) is 1.62. The van der Waals surface area contributed by atoms with E-state index in [1.807, 2.05) is 19.1 Å². The van der Waals surface area contributed by atoms with Crippen LogP contribution in [-0.4, -0.2) is 12.3 Å². The first-order chi connectivity index (χ1) is 8.61. The molecule has 0 aliphatic heterocycles. The second-order valence-corrected chi connectivity index (χ2v) is 3.80. The Labute approximate surface area is 101 Å². The first-order valence-electron chi connectivity index (χ1n) is 5.20. The molecule has 0 fully saturated rings. The number of aryl methyl sites for hydroxylation is 1. The number of Topliss-reactive ketones (excluding diaryl/α,β-unsaturated/α-hetero) is 1. The van der Waals surface area contributed by atoms with Crippen LogP contribution in [0.1, 0.15) is 15.9 Å². The van der Waals surface area contributed by atoms with E-state index in [9.17, 15) is 9.59 Å². The van der Waals surface area contributed by atoms with E-state index in [2.05, 4.69) is 10.0 Å². The molecule has 2 rings (SSSR count). The van der Waals surface area contributed by atoms with Gasteiger partial charge in [-0.15, -0.1) is 0 Å². The molecule has 1 aromatic carbocycles. The van der Waals surface area contributed by atoms with Gasteiger partial charge in [0.1, 0.15) is 11.1 Å². The number of azide groups is 1. The molecule has 6 nitrogen and oxygen atoms in total. The van der Waals surface area contributed by atoms with Gasteiger partial charge in [-0.1, -0.05) is 16.7 Å². The third-order valence-electron chi connectivity index (χ3n) is 2.47. The maximum atomic E-state index is 11.6. The Morgan fingerprint density at radius 3 is 2.94 bits per heavy atom. The highest BCUT2D eigenvalue weighted by molar-refractivity contribution is 5.99. The van der Waals surface area contributed by atoms with Gasteiger partial charge in [0.2, 0.25) is 0 Å². The summed E-state index contributed by atoms with van der Waals surface area (Å²) in [6.07, 6.45) is 0. The highest BCUT2D eigenvalue weighted by atomic mass is 16.4. The smallest absolute Gasteiger partial charge is 0.347 e. The summed E-state index contributed by atoms with van der Waals surface area (Å²) in [5.41, 5.74) is 8.74. The Bertz CT molecular complexity index is 727. The van der Waals surface area contributed by atoms with E-state index in [0.717, 1.165) is 5.56 Å². The van der Waals surface area contributed by atoms with Crippen LogP contribution in [0.4, 0.5) is 0 Å². The van der Waals surface area contributed by atoms with Crippen LogP contribution in [0.15, 0.2) is 38.6 Å². The molecular weight excluding hydrogens is 234 g/mol. The van der Waals surface area contributed by atoms with Crippen LogP contribution in [0.3, 0.4) is 0 Å². The van der Waals surface area contributed by atoms with Crippen molar-refractivity contribution in [1.82, 2.24) is 0 Å². The molecule has 0 aliphatic carbocycles. The monoisotopic (exact) mass is 243 g/mol. The summed E-state index contributed by atoms with van der Waals surface area (Å²) in [4.78, 5) is 25.7. The lowest BCUT2D eigenvalue weighted by atomic mass is 10.1. The third-order valence-corrected chi connectivity index (χ3v) is 2.47. The van der Waals surface area contributed by atoms with E-state index in [4.69, 9.17) is 9.95 Å². The first kappa shape index (κ1) is 11.9. The van der Waals surface area contributed by atoms with Gasteiger partial charge in [0.05, 0.1) is 6.54 Å². The quantitative estimate of drug-likeness (QED) is 0.272. The highest BCUT2D eigenvalue weighted by Gasteiger charge is 2.12. The number of fused-ring (bicyclic) bond motifs is 1. The number of hydrogen-bond donors (Lipinski definition) is 0. The van der Waals surface area contributed by atoms with E-state index >= 15 is 0 Å². The predicted octanol–water partition coefficient (Wildman–Crippen LogP) is 2.59. The molecule has 0 saturated carbocycles. The van der Waals surface area contributed by atoms with Crippen molar-refractivity contribution in [2.75, 3.05) is 6.54 Å². The zero-order valence-electron chi connectivity index (χ0n) is 9.58. The van der Waals surface area contributed by atoms with Crippen LogP contribution >= 0.6 is 0 Å². The van der Waals surface area contributed by atoms with E-state index in [1.165, 1.54) is 6.07 Å². The molecule has 0 saturated heterocycles. The molecule has 1 aromatic heterocycles. The fourth-order valence-electron chi connectivity index (χ4n) is 1.62. The van der Waals surface area contributed by atoms with Gasteiger partial charge in [-0.3, -0.25) is 4.79 Å². The molecule has 0 atom stereocenters. The van der Waals surface area contributed by atoms with Gasteiger partial charge in [-0.05, 0) is 30.7 Å². The molecule has 0 spiro atoms. The molecule has 2 aromatic rings. The van der Waals surface area contributed by atoms with Crippen molar-refractivity contribution < 1.29 is 9.21 Å². The molecule has 1 heterocycles. The van der Waals surface area contributed by atoms with Crippen LogP contribution < -0.4 is 5.63 Å². The molecule has 0 amide bonds. The van der Waals surface area contributed by atoms with Crippen LogP contribution in [-0.2, 0) is 0 Å². The van der Waals surface area contributed by atoms with Crippen LogP contribution in [0, 0.1) is 6.92 Å². The number of carbonyl (C=O) groups is 1. The van der Waals surface area contributed by atoms with Crippen molar-refractivity contribution in [2.24, 2.45) is 5.11 Å². The van der Waals surface area contributed by atoms with Crippen molar-refractivity contribution in [2.45, 2.75) is 6.92 Å². The lowest BCUT2D eigenvalue weighted by Gasteiger charge is -2.00. The fraction of sp³-hybridized carbons (Fsp3) is 0.167. The Kier molecular flexibility index (Phi) is 3.12. The normalized spacial score (nSPS) is 10.1. The zero-order chi connectivity index (χ0) is 13.1. The second kappa shape index (κ2) is 4.73. The molecule has 6 heteroatoms. The number of rotatable bonds is 3. The largest absolute Gasteiger partial charge is 0.422 e. The maximum absolute atomic E-state index is 11.6. The topological polar surface area (TPSA) is 96.0 Å². The molecule has 0 radical (unpaired) electrons. The zero-order valence-corrected chi connectivity index (χ0v) is 9.58. The second-order valence-electron chi connectivity index (χ2n) is 3.80. The Morgan fingerprint density at radius 2 is 2.22 bits per heavy atom. The molecule has 0 aliphatic rings. The minimum Gasteiger partial charge on any atom is -0.422 e. The van der Waals surface area contributed by atoms with Gasteiger partial charge in [0.25, 0.3) is 0 Å². The summed E-state index contributed by atoms with van der Waals surface area (Å²) in [5.74, 6) is -0.551. The first-order valence-corrected chi connectivity index (χ1v) is 5.20. The van der Waals surface area contributed by atoms with Gasteiger partial charge in [0.15, 0.2) is 5.78 Å². The number of ketones is 1. The van der Waals surface area contributed by atoms with Crippen LogP contribution in [0.2, 0.25) is 0 Å². The molecule has 0 N–H and O–H groups in total. The van der Waals surface area contributed by atoms with Crippen molar-refractivity contribution in [3.63, 3.8) is 0 Å². The van der Waals surface area contributed by atoms with Crippen molar-refractivity contribution >= 4 is 16.8 Å². The lowest BCUT2D eigenvalue weighted by Crippen LogP contribution is -2.15. The van der Waals surface area contributed by atoms with Gasteiger partial charge in [0, 0.05) is 10.3 Å². The van der Waals surface area contributed by atoms with E-state index in [1.54, 1.807) is 6.07 Å². The Balaban J connectivity index is 2.57.